The van der Waals surface area contributed by atoms with Crippen LogP contribution in [-0.4, -0.2) is 30.9 Å². The smallest absolute Gasteiger partial charge is 0.308 e. The van der Waals surface area contributed by atoms with Crippen molar-refractivity contribution in [2.75, 3.05) is 18.5 Å². The van der Waals surface area contributed by atoms with E-state index in [2.05, 4.69) is 31.4 Å². The Bertz CT molecular complexity index is 809. The molecule has 6 nitrogen and oxygen atoms in total. The second kappa shape index (κ2) is 9.69. The molecule has 2 aromatic rings. The highest BCUT2D eigenvalue weighted by molar-refractivity contribution is 5.94. The number of rotatable bonds is 7. The molecule has 0 fully saturated rings. The summed E-state index contributed by atoms with van der Waals surface area (Å²) in [7, 11) is 0. The first-order valence-electron chi connectivity index (χ1n) is 9.15. The summed E-state index contributed by atoms with van der Waals surface area (Å²) >= 11 is 0. The summed E-state index contributed by atoms with van der Waals surface area (Å²) < 4.78 is 4.91. The summed E-state index contributed by atoms with van der Waals surface area (Å²) in [6.45, 7) is 6.09. The quantitative estimate of drug-likeness (QED) is 0.720. The van der Waals surface area contributed by atoms with Gasteiger partial charge in [0, 0.05) is 17.8 Å². The molecule has 148 valence electrons. The molecule has 0 aliphatic carbocycles. The molecule has 0 saturated carbocycles. The third-order valence-corrected chi connectivity index (χ3v) is 4.05. The topological polar surface area (TPSA) is 84.5 Å². The number of para-hydroxylation sites is 1. The van der Waals surface area contributed by atoms with Crippen LogP contribution in [0.2, 0.25) is 0 Å². The van der Waals surface area contributed by atoms with Gasteiger partial charge in [0.15, 0.2) is 6.61 Å². The van der Waals surface area contributed by atoms with E-state index >= 15 is 0 Å². The minimum absolute atomic E-state index is 0.00949. The highest BCUT2D eigenvalue weighted by Gasteiger charge is 2.14. The molecule has 28 heavy (non-hydrogen) atoms. The van der Waals surface area contributed by atoms with Gasteiger partial charge in [-0.2, -0.15) is 0 Å². The maximum absolute atomic E-state index is 12.1. The number of benzene rings is 2. The van der Waals surface area contributed by atoms with Crippen LogP contribution in [0.3, 0.4) is 0 Å². The minimum atomic E-state index is -0.549. The number of hydrogen-bond acceptors (Lipinski definition) is 4. The molecule has 2 N–H and O–H groups in total. The van der Waals surface area contributed by atoms with E-state index in [1.807, 2.05) is 18.2 Å². The zero-order chi connectivity index (χ0) is 20.6. The van der Waals surface area contributed by atoms with Gasteiger partial charge in [0.1, 0.15) is 0 Å². The zero-order valence-electron chi connectivity index (χ0n) is 16.5. The third-order valence-electron chi connectivity index (χ3n) is 4.05. The highest BCUT2D eigenvalue weighted by Crippen LogP contribution is 2.22. The van der Waals surface area contributed by atoms with Crippen molar-refractivity contribution in [1.29, 1.82) is 0 Å². The molecule has 2 rings (SSSR count). The van der Waals surface area contributed by atoms with Gasteiger partial charge in [0.05, 0.1) is 6.42 Å². The number of hydrogen-bond donors (Lipinski definition) is 2. The second-order valence-corrected chi connectivity index (χ2v) is 7.41. The Labute approximate surface area is 165 Å². The van der Waals surface area contributed by atoms with E-state index in [1.54, 1.807) is 36.4 Å². The molecule has 0 heterocycles. The normalized spacial score (nSPS) is 10.8. The van der Waals surface area contributed by atoms with Gasteiger partial charge in [0.2, 0.25) is 0 Å². The van der Waals surface area contributed by atoms with E-state index in [-0.39, 0.29) is 30.9 Å². The number of nitrogens with one attached hydrogen (secondary N) is 2. The van der Waals surface area contributed by atoms with Gasteiger partial charge in [-0.25, -0.2) is 0 Å². The summed E-state index contributed by atoms with van der Waals surface area (Å²) in [5.41, 5.74) is 2.32. The summed E-state index contributed by atoms with van der Waals surface area (Å²) in [6.07, 6.45) is -0.00949. The van der Waals surface area contributed by atoms with Crippen LogP contribution in [0.4, 0.5) is 5.69 Å². The van der Waals surface area contributed by atoms with Gasteiger partial charge in [-0.15, -0.1) is 0 Å². The molecule has 2 aromatic carbocycles. The van der Waals surface area contributed by atoms with Crippen molar-refractivity contribution in [3.8, 4) is 0 Å². The lowest BCUT2D eigenvalue weighted by atomic mass is 9.87. The Morgan fingerprint density at radius 2 is 1.57 bits per heavy atom. The fourth-order valence-corrected chi connectivity index (χ4v) is 2.44. The van der Waals surface area contributed by atoms with E-state index in [4.69, 9.17) is 4.74 Å². The first-order chi connectivity index (χ1) is 13.3. The predicted molar refractivity (Wildman–Crippen MR) is 108 cm³/mol. The van der Waals surface area contributed by atoms with Gasteiger partial charge in [-0.05, 0) is 35.2 Å². The Morgan fingerprint density at radius 1 is 0.929 bits per heavy atom. The van der Waals surface area contributed by atoms with Crippen LogP contribution < -0.4 is 10.6 Å². The fourth-order valence-electron chi connectivity index (χ4n) is 2.44. The first kappa shape index (κ1) is 21.2. The van der Waals surface area contributed by atoms with Crippen LogP contribution in [0.15, 0.2) is 54.6 Å². The molecular weight excluding hydrogens is 356 g/mol. The van der Waals surface area contributed by atoms with Crippen molar-refractivity contribution in [1.82, 2.24) is 5.32 Å². The lowest BCUT2D eigenvalue weighted by molar-refractivity contribution is -0.147. The van der Waals surface area contributed by atoms with Crippen LogP contribution in [0, 0.1) is 0 Å². The van der Waals surface area contributed by atoms with Gasteiger partial charge < -0.3 is 15.4 Å². The molecule has 2 amide bonds. The maximum Gasteiger partial charge on any atom is 0.308 e. The molecule has 0 radical (unpaired) electrons. The summed E-state index contributed by atoms with van der Waals surface area (Å²) in [6, 6.07) is 16.3. The van der Waals surface area contributed by atoms with Crippen molar-refractivity contribution in [3.63, 3.8) is 0 Å². The predicted octanol–water partition coefficient (Wildman–Crippen LogP) is 3.29. The first-order valence-corrected chi connectivity index (χ1v) is 9.15. The Hall–Kier alpha value is -3.15. The average molecular weight is 382 g/mol. The van der Waals surface area contributed by atoms with E-state index in [1.165, 1.54) is 0 Å². The number of ether oxygens (including phenoxy) is 1. The molecule has 0 spiro atoms. The summed E-state index contributed by atoms with van der Waals surface area (Å²) in [4.78, 5) is 35.6. The summed E-state index contributed by atoms with van der Waals surface area (Å²) in [5.74, 6) is -1.22. The van der Waals surface area contributed by atoms with Crippen LogP contribution in [-0.2, 0) is 19.7 Å². The zero-order valence-corrected chi connectivity index (χ0v) is 16.5. The van der Waals surface area contributed by atoms with Crippen LogP contribution >= 0.6 is 0 Å². The minimum Gasteiger partial charge on any atom is -0.456 e. The molecular formula is C22H26N2O4. The molecule has 0 aliphatic rings. The Balaban J connectivity index is 1.68. The van der Waals surface area contributed by atoms with Crippen molar-refractivity contribution in [3.05, 3.63) is 65.7 Å². The van der Waals surface area contributed by atoms with E-state index < -0.39 is 11.9 Å². The standard InChI is InChI=1S/C22H26N2O4/c1-22(2,3)17-11-9-16(10-12-17)21(27)23-14-13-20(26)28-15-19(25)24-18-7-5-4-6-8-18/h4-12H,13-15H2,1-3H3,(H,23,27)(H,24,25). The van der Waals surface area contributed by atoms with Crippen LogP contribution in [0.5, 0.6) is 0 Å². The molecule has 0 bridgehead atoms. The molecule has 0 aliphatic heterocycles. The molecule has 0 unspecified atom stereocenters. The number of carbonyl (C=O) groups excluding carboxylic acids is 3. The Kier molecular flexibility index (Phi) is 7.32. The SMILES string of the molecule is CC(C)(C)c1ccc(C(=O)NCCC(=O)OCC(=O)Nc2ccccc2)cc1. The van der Waals surface area contributed by atoms with Crippen molar-refractivity contribution >= 4 is 23.5 Å². The van der Waals surface area contributed by atoms with Gasteiger partial charge >= 0.3 is 5.97 Å². The lowest BCUT2D eigenvalue weighted by Crippen LogP contribution is -2.27. The number of esters is 1. The molecule has 0 aromatic heterocycles. The number of anilines is 1. The molecule has 0 saturated heterocycles. The van der Waals surface area contributed by atoms with Crippen molar-refractivity contribution < 1.29 is 19.1 Å². The van der Waals surface area contributed by atoms with Gasteiger partial charge in [-0.1, -0.05) is 51.1 Å². The van der Waals surface area contributed by atoms with Crippen molar-refractivity contribution in [2.45, 2.75) is 32.6 Å². The van der Waals surface area contributed by atoms with E-state index in [9.17, 15) is 14.4 Å². The Morgan fingerprint density at radius 3 is 2.18 bits per heavy atom. The number of amides is 2. The van der Waals surface area contributed by atoms with Gasteiger partial charge in [0.25, 0.3) is 11.8 Å². The fraction of sp³-hybridized carbons (Fsp3) is 0.318. The molecule has 0 atom stereocenters. The second-order valence-electron chi connectivity index (χ2n) is 7.41. The van der Waals surface area contributed by atoms with Crippen LogP contribution in [0.1, 0.15) is 43.1 Å². The lowest BCUT2D eigenvalue weighted by Gasteiger charge is -2.19. The summed E-state index contributed by atoms with van der Waals surface area (Å²) in [5, 5.41) is 5.30. The largest absolute Gasteiger partial charge is 0.456 e. The van der Waals surface area contributed by atoms with Crippen molar-refractivity contribution in [2.24, 2.45) is 0 Å². The maximum atomic E-state index is 12.1. The highest BCUT2D eigenvalue weighted by atomic mass is 16.5. The van der Waals surface area contributed by atoms with Crippen LogP contribution in [0.25, 0.3) is 0 Å². The van der Waals surface area contributed by atoms with E-state index in [0.717, 1.165) is 5.56 Å². The van der Waals surface area contributed by atoms with E-state index in [0.29, 0.717) is 11.3 Å². The average Bonchev–Trinajstić information content (AvgIpc) is 2.66. The number of carbonyl (C=O) groups is 3. The molecule has 6 heteroatoms. The monoisotopic (exact) mass is 382 g/mol. The third kappa shape index (κ3) is 6.87. The van der Waals surface area contributed by atoms with Gasteiger partial charge in [-0.3, -0.25) is 14.4 Å².